The van der Waals surface area contributed by atoms with Crippen LogP contribution in [0.25, 0.3) is 0 Å². The Balaban J connectivity index is 2.31. The van der Waals surface area contributed by atoms with Crippen molar-refractivity contribution in [3.05, 3.63) is 58.9 Å². The van der Waals surface area contributed by atoms with E-state index in [1.54, 1.807) is 32.4 Å². The monoisotopic (exact) mass is 256 g/mol. The minimum absolute atomic E-state index is 0.0767. The highest BCUT2D eigenvalue weighted by atomic mass is 16.2. The van der Waals surface area contributed by atoms with E-state index >= 15 is 0 Å². The summed E-state index contributed by atoms with van der Waals surface area (Å²) in [7, 11) is 3.35. The van der Waals surface area contributed by atoms with Crippen molar-refractivity contribution in [2.75, 3.05) is 14.1 Å². The van der Waals surface area contributed by atoms with Gasteiger partial charge in [0.05, 0.1) is 0 Å². The molecule has 0 aliphatic heterocycles. The van der Waals surface area contributed by atoms with Gasteiger partial charge in [-0.05, 0) is 18.6 Å². The minimum Gasteiger partial charge on any atom is -0.356 e. The molecule has 4 heteroatoms. The summed E-state index contributed by atoms with van der Waals surface area (Å²) in [6.07, 6.45) is 1.57. The number of carbonyl (C=O) groups excluding carboxylic acids is 2. The molecule has 1 N–H and O–H groups in total. The zero-order valence-corrected chi connectivity index (χ0v) is 11.2. The third-order valence-corrected chi connectivity index (χ3v) is 2.97. The van der Waals surface area contributed by atoms with Gasteiger partial charge >= 0.3 is 0 Å². The van der Waals surface area contributed by atoms with Crippen molar-refractivity contribution in [1.29, 1.82) is 0 Å². The van der Waals surface area contributed by atoms with Crippen molar-refractivity contribution >= 4 is 11.7 Å². The molecular formula is C15H16N2O2. The van der Waals surface area contributed by atoms with Gasteiger partial charge in [-0.15, -0.1) is 0 Å². The zero-order valence-electron chi connectivity index (χ0n) is 11.2. The van der Waals surface area contributed by atoms with E-state index in [0.29, 0.717) is 16.8 Å². The lowest BCUT2D eigenvalue weighted by atomic mass is 10.0. The molecular weight excluding hydrogens is 240 g/mol. The predicted molar refractivity (Wildman–Crippen MR) is 73.4 cm³/mol. The van der Waals surface area contributed by atoms with Gasteiger partial charge in [0.2, 0.25) is 0 Å². The molecule has 1 heterocycles. The molecule has 0 aliphatic rings. The molecule has 0 radical (unpaired) electrons. The number of benzene rings is 1. The zero-order chi connectivity index (χ0) is 14.0. The number of rotatable bonds is 3. The second-order valence-corrected chi connectivity index (χ2v) is 4.65. The van der Waals surface area contributed by atoms with E-state index in [1.165, 1.54) is 4.90 Å². The lowest BCUT2D eigenvalue weighted by Gasteiger charge is -2.07. The van der Waals surface area contributed by atoms with Gasteiger partial charge in [-0.1, -0.05) is 24.3 Å². The van der Waals surface area contributed by atoms with Gasteiger partial charge in [-0.2, -0.15) is 0 Å². The molecule has 19 heavy (non-hydrogen) atoms. The number of aryl methyl sites for hydroxylation is 1. The van der Waals surface area contributed by atoms with Crippen molar-refractivity contribution in [2.45, 2.75) is 6.92 Å². The third-order valence-electron chi connectivity index (χ3n) is 2.97. The summed E-state index contributed by atoms with van der Waals surface area (Å²) in [5, 5.41) is 0. The van der Waals surface area contributed by atoms with Gasteiger partial charge in [0.1, 0.15) is 5.69 Å². The molecule has 0 saturated heterocycles. The summed E-state index contributed by atoms with van der Waals surface area (Å²) in [6, 6.07) is 9.00. The highest BCUT2D eigenvalue weighted by Gasteiger charge is 2.16. The van der Waals surface area contributed by atoms with E-state index in [0.717, 1.165) is 5.56 Å². The first kappa shape index (κ1) is 13.1. The molecule has 1 aromatic carbocycles. The fraction of sp³-hybridized carbons (Fsp3) is 0.200. The first-order chi connectivity index (χ1) is 9.00. The molecule has 1 aromatic heterocycles. The smallest absolute Gasteiger partial charge is 0.269 e. The number of aromatic nitrogens is 1. The highest BCUT2D eigenvalue weighted by Crippen LogP contribution is 2.15. The number of H-pyrrole nitrogens is 1. The fourth-order valence-electron chi connectivity index (χ4n) is 1.87. The van der Waals surface area contributed by atoms with E-state index in [4.69, 9.17) is 0 Å². The maximum absolute atomic E-state index is 12.3. The fourth-order valence-corrected chi connectivity index (χ4v) is 1.87. The Morgan fingerprint density at radius 1 is 1.16 bits per heavy atom. The predicted octanol–water partition coefficient (Wildman–Crippen LogP) is 2.26. The summed E-state index contributed by atoms with van der Waals surface area (Å²) in [6.45, 7) is 1.89. The molecule has 0 saturated carbocycles. The van der Waals surface area contributed by atoms with Gasteiger partial charge in [0.25, 0.3) is 5.91 Å². The van der Waals surface area contributed by atoms with Crippen LogP contribution in [0.1, 0.15) is 32.0 Å². The van der Waals surface area contributed by atoms with Gasteiger partial charge in [0.15, 0.2) is 5.78 Å². The van der Waals surface area contributed by atoms with Crippen LogP contribution in [0.2, 0.25) is 0 Å². The van der Waals surface area contributed by atoms with Crippen LogP contribution in [-0.4, -0.2) is 35.7 Å². The second-order valence-electron chi connectivity index (χ2n) is 4.65. The molecule has 4 nitrogen and oxygen atoms in total. The van der Waals surface area contributed by atoms with Gasteiger partial charge in [-0.3, -0.25) is 9.59 Å². The summed E-state index contributed by atoms with van der Waals surface area (Å²) >= 11 is 0. The first-order valence-electron chi connectivity index (χ1n) is 6.01. The van der Waals surface area contributed by atoms with Crippen molar-refractivity contribution in [2.24, 2.45) is 0 Å². The number of nitrogens with zero attached hydrogens (tertiary/aromatic N) is 1. The van der Waals surface area contributed by atoms with Crippen LogP contribution in [0.5, 0.6) is 0 Å². The highest BCUT2D eigenvalue weighted by molar-refractivity contribution is 6.10. The topological polar surface area (TPSA) is 53.2 Å². The normalized spacial score (nSPS) is 10.3. The van der Waals surface area contributed by atoms with Crippen LogP contribution < -0.4 is 0 Å². The standard InChI is InChI=1S/C15H16N2O2/c1-10-6-4-5-7-12(10)14(18)11-8-13(16-9-11)15(19)17(2)3/h4-9,16H,1-3H3. The van der Waals surface area contributed by atoms with E-state index < -0.39 is 0 Å². The largest absolute Gasteiger partial charge is 0.356 e. The number of ketones is 1. The van der Waals surface area contributed by atoms with Crippen LogP contribution in [0.15, 0.2) is 36.5 Å². The Hall–Kier alpha value is -2.36. The average Bonchev–Trinajstić information content (AvgIpc) is 2.87. The second kappa shape index (κ2) is 5.10. The van der Waals surface area contributed by atoms with Crippen molar-refractivity contribution in [3.8, 4) is 0 Å². The number of carbonyl (C=O) groups is 2. The maximum atomic E-state index is 12.3. The SMILES string of the molecule is Cc1ccccc1C(=O)c1c[nH]c(C(=O)N(C)C)c1. The summed E-state index contributed by atoms with van der Waals surface area (Å²) in [5.74, 6) is -0.226. The molecule has 0 atom stereocenters. The Labute approximate surface area is 112 Å². The van der Waals surface area contributed by atoms with Crippen LogP contribution in [0.4, 0.5) is 0 Å². The number of nitrogens with one attached hydrogen (secondary N) is 1. The minimum atomic E-state index is -0.149. The van der Waals surface area contributed by atoms with Crippen molar-refractivity contribution in [1.82, 2.24) is 9.88 Å². The number of amides is 1. The van der Waals surface area contributed by atoms with Crippen molar-refractivity contribution in [3.63, 3.8) is 0 Å². The molecule has 2 rings (SSSR count). The van der Waals surface area contributed by atoms with Gasteiger partial charge in [-0.25, -0.2) is 0 Å². The van der Waals surface area contributed by atoms with E-state index in [9.17, 15) is 9.59 Å². The molecule has 0 unspecified atom stereocenters. The quantitative estimate of drug-likeness (QED) is 0.856. The van der Waals surface area contributed by atoms with Crippen LogP contribution in [-0.2, 0) is 0 Å². The molecule has 98 valence electrons. The first-order valence-corrected chi connectivity index (χ1v) is 6.01. The van der Waals surface area contributed by atoms with Crippen LogP contribution >= 0.6 is 0 Å². The molecule has 0 bridgehead atoms. The number of hydrogen-bond donors (Lipinski definition) is 1. The molecule has 0 aliphatic carbocycles. The van der Waals surface area contributed by atoms with Crippen LogP contribution in [0.3, 0.4) is 0 Å². The Bertz CT molecular complexity index is 627. The Morgan fingerprint density at radius 2 is 1.84 bits per heavy atom. The lowest BCUT2D eigenvalue weighted by molar-refractivity contribution is 0.0822. The van der Waals surface area contributed by atoms with E-state index in [1.807, 2.05) is 25.1 Å². The molecule has 0 fully saturated rings. The average molecular weight is 256 g/mol. The van der Waals surface area contributed by atoms with E-state index in [-0.39, 0.29) is 11.7 Å². The third kappa shape index (κ3) is 2.57. The lowest BCUT2D eigenvalue weighted by Crippen LogP contribution is -2.21. The molecule has 1 amide bonds. The summed E-state index contributed by atoms with van der Waals surface area (Å²) in [5.41, 5.74) is 2.50. The molecule has 0 spiro atoms. The summed E-state index contributed by atoms with van der Waals surface area (Å²) in [4.78, 5) is 28.4. The van der Waals surface area contributed by atoms with Gasteiger partial charge in [0, 0.05) is 31.4 Å². The Kier molecular flexibility index (Phi) is 3.51. The number of aromatic amines is 1. The summed E-state index contributed by atoms with van der Waals surface area (Å²) < 4.78 is 0. The van der Waals surface area contributed by atoms with Gasteiger partial charge < -0.3 is 9.88 Å². The maximum Gasteiger partial charge on any atom is 0.269 e. The van der Waals surface area contributed by atoms with E-state index in [2.05, 4.69) is 4.98 Å². The molecule has 2 aromatic rings. The Morgan fingerprint density at radius 3 is 2.47 bits per heavy atom. The van der Waals surface area contributed by atoms with Crippen molar-refractivity contribution < 1.29 is 9.59 Å². The number of hydrogen-bond acceptors (Lipinski definition) is 2. The van der Waals surface area contributed by atoms with Crippen LogP contribution in [0, 0.1) is 6.92 Å².